The van der Waals surface area contributed by atoms with E-state index in [1.807, 2.05) is 0 Å². The molecule has 10 heteroatoms. The first-order valence-corrected chi connectivity index (χ1v) is 7.98. The van der Waals surface area contributed by atoms with Gasteiger partial charge in [0.25, 0.3) is 5.91 Å². The number of hydrogen-bond donors (Lipinski definition) is 0. The fourth-order valence-corrected chi connectivity index (χ4v) is 2.73. The molecule has 27 heavy (non-hydrogen) atoms. The molecule has 0 bridgehead atoms. The lowest BCUT2D eigenvalue weighted by Gasteiger charge is -2.37. The van der Waals surface area contributed by atoms with Crippen molar-refractivity contribution in [1.82, 2.24) is 25.0 Å². The maximum Gasteiger partial charge on any atom is 0.416 e. The number of hydrogen-bond acceptors (Lipinski definition) is 6. The standard InChI is InChI=1S/C17H12F3N5O2/c18-17(19,20)12-3-1-2-10(6-12)16(26)25-8-11(9-25)15-23-14(24-27-15)13-7-21-4-5-22-13/h1-7,11H,8-9H2. The van der Waals surface area contributed by atoms with E-state index in [4.69, 9.17) is 4.52 Å². The monoisotopic (exact) mass is 375 g/mol. The summed E-state index contributed by atoms with van der Waals surface area (Å²) >= 11 is 0. The van der Waals surface area contributed by atoms with E-state index in [0.717, 1.165) is 12.1 Å². The van der Waals surface area contributed by atoms with Gasteiger partial charge in [0.2, 0.25) is 11.7 Å². The molecule has 1 aromatic carbocycles. The number of amides is 1. The van der Waals surface area contributed by atoms with Crippen LogP contribution in [0.25, 0.3) is 11.5 Å². The van der Waals surface area contributed by atoms with Crippen molar-refractivity contribution in [3.63, 3.8) is 0 Å². The van der Waals surface area contributed by atoms with Crippen molar-refractivity contribution in [3.05, 3.63) is 59.9 Å². The Kier molecular flexibility index (Phi) is 4.09. The van der Waals surface area contributed by atoms with Crippen LogP contribution < -0.4 is 0 Å². The van der Waals surface area contributed by atoms with Crippen LogP contribution >= 0.6 is 0 Å². The van der Waals surface area contributed by atoms with Crippen molar-refractivity contribution in [3.8, 4) is 11.5 Å². The van der Waals surface area contributed by atoms with Crippen LogP contribution in [0.4, 0.5) is 13.2 Å². The number of nitrogens with zero attached hydrogens (tertiary/aromatic N) is 5. The largest absolute Gasteiger partial charge is 0.416 e. The van der Waals surface area contributed by atoms with Gasteiger partial charge in [-0.1, -0.05) is 11.2 Å². The van der Waals surface area contributed by atoms with E-state index >= 15 is 0 Å². The van der Waals surface area contributed by atoms with Gasteiger partial charge in [-0.05, 0) is 18.2 Å². The van der Waals surface area contributed by atoms with Gasteiger partial charge >= 0.3 is 6.18 Å². The van der Waals surface area contributed by atoms with Crippen molar-refractivity contribution in [1.29, 1.82) is 0 Å². The zero-order valence-electron chi connectivity index (χ0n) is 13.7. The second-order valence-corrected chi connectivity index (χ2v) is 6.03. The average molecular weight is 375 g/mol. The van der Waals surface area contributed by atoms with Gasteiger partial charge in [-0.3, -0.25) is 9.78 Å². The topological polar surface area (TPSA) is 85.0 Å². The van der Waals surface area contributed by atoms with E-state index in [0.29, 0.717) is 17.4 Å². The molecule has 1 aliphatic heterocycles. The lowest BCUT2D eigenvalue weighted by molar-refractivity contribution is -0.137. The van der Waals surface area contributed by atoms with Crippen molar-refractivity contribution in [2.24, 2.45) is 0 Å². The normalized spacial score (nSPS) is 14.9. The van der Waals surface area contributed by atoms with Crippen LogP contribution in [0.2, 0.25) is 0 Å². The summed E-state index contributed by atoms with van der Waals surface area (Å²) in [5.41, 5.74) is -0.395. The van der Waals surface area contributed by atoms with Crippen LogP contribution in [0, 0.1) is 0 Å². The highest BCUT2D eigenvalue weighted by Gasteiger charge is 2.37. The van der Waals surface area contributed by atoms with Gasteiger partial charge in [-0.25, -0.2) is 4.98 Å². The van der Waals surface area contributed by atoms with E-state index in [9.17, 15) is 18.0 Å². The molecule has 0 N–H and O–H groups in total. The number of carbonyl (C=O) groups excluding carboxylic acids is 1. The van der Waals surface area contributed by atoms with E-state index in [2.05, 4.69) is 20.1 Å². The summed E-state index contributed by atoms with van der Waals surface area (Å²) in [7, 11) is 0. The third kappa shape index (κ3) is 3.37. The second kappa shape index (κ2) is 6.45. The predicted molar refractivity (Wildman–Crippen MR) is 85.4 cm³/mol. The van der Waals surface area contributed by atoms with E-state index in [1.165, 1.54) is 35.6 Å². The van der Waals surface area contributed by atoms with E-state index in [1.54, 1.807) is 0 Å². The Labute approximate surface area is 150 Å². The first-order chi connectivity index (χ1) is 12.9. The number of benzene rings is 1. The SMILES string of the molecule is O=C(c1cccc(C(F)(F)F)c1)N1CC(c2nc(-c3cnccn3)no2)C1. The fourth-order valence-electron chi connectivity index (χ4n) is 2.73. The molecule has 138 valence electrons. The van der Waals surface area contributed by atoms with Crippen LogP contribution in [-0.2, 0) is 6.18 Å². The first-order valence-electron chi connectivity index (χ1n) is 7.98. The summed E-state index contributed by atoms with van der Waals surface area (Å²) < 4.78 is 43.6. The number of likely N-dealkylation sites (tertiary alicyclic amines) is 1. The molecule has 1 amide bonds. The Balaban J connectivity index is 1.43. The van der Waals surface area contributed by atoms with Crippen molar-refractivity contribution in [2.75, 3.05) is 13.1 Å². The number of halogens is 3. The van der Waals surface area contributed by atoms with Crippen molar-refractivity contribution >= 4 is 5.91 Å². The van der Waals surface area contributed by atoms with Crippen molar-refractivity contribution < 1.29 is 22.5 Å². The molecule has 0 unspecified atom stereocenters. The molecule has 1 fully saturated rings. The van der Waals surface area contributed by atoms with E-state index in [-0.39, 0.29) is 24.6 Å². The number of carbonyl (C=O) groups is 1. The number of alkyl halides is 3. The third-order valence-corrected chi connectivity index (χ3v) is 4.19. The molecule has 4 rings (SSSR count). The Hall–Kier alpha value is -3.30. The number of rotatable bonds is 3. The molecular weight excluding hydrogens is 363 g/mol. The Morgan fingerprint density at radius 3 is 2.74 bits per heavy atom. The molecule has 2 aromatic heterocycles. The maximum absolute atomic E-state index is 12.8. The van der Waals surface area contributed by atoms with Crippen molar-refractivity contribution in [2.45, 2.75) is 12.1 Å². The Bertz CT molecular complexity index is 968. The molecule has 1 saturated heterocycles. The molecule has 0 aliphatic carbocycles. The highest BCUT2D eigenvalue weighted by atomic mass is 19.4. The molecular formula is C17H12F3N5O2. The second-order valence-electron chi connectivity index (χ2n) is 6.03. The van der Waals surface area contributed by atoms with Gasteiger partial charge in [-0.15, -0.1) is 0 Å². The highest BCUT2D eigenvalue weighted by molar-refractivity contribution is 5.95. The number of aromatic nitrogens is 4. The zero-order valence-corrected chi connectivity index (χ0v) is 13.7. The molecule has 0 saturated carbocycles. The molecule has 0 atom stereocenters. The maximum atomic E-state index is 12.8. The average Bonchev–Trinajstić information content (AvgIpc) is 3.10. The summed E-state index contributed by atoms with van der Waals surface area (Å²) in [6, 6.07) is 4.37. The molecule has 7 nitrogen and oxygen atoms in total. The van der Waals surface area contributed by atoms with Crippen LogP contribution in [0.15, 0.2) is 47.4 Å². The summed E-state index contributed by atoms with van der Waals surface area (Å²) in [5.74, 6) is 0.00758. The molecule has 0 radical (unpaired) electrons. The quantitative estimate of drug-likeness (QED) is 0.700. The van der Waals surface area contributed by atoms with Gasteiger partial charge < -0.3 is 9.42 Å². The molecule has 0 spiro atoms. The highest BCUT2D eigenvalue weighted by Crippen LogP contribution is 2.32. The molecule has 3 aromatic rings. The molecule has 1 aliphatic rings. The lowest BCUT2D eigenvalue weighted by Crippen LogP contribution is -2.48. The summed E-state index contributed by atoms with van der Waals surface area (Å²) in [5, 5.41) is 3.84. The van der Waals surface area contributed by atoms with Crippen LogP contribution in [-0.4, -0.2) is 44.0 Å². The predicted octanol–water partition coefficient (Wildman–Crippen LogP) is 2.79. The van der Waals surface area contributed by atoms with Gasteiger partial charge in [0, 0.05) is 31.0 Å². The lowest BCUT2D eigenvalue weighted by atomic mass is 9.98. The first kappa shape index (κ1) is 17.1. The molecule has 3 heterocycles. The fraction of sp³-hybridized carbons (Fsp3) is 0.235. The Morgan fingerprint density at radius 2 is 2.04 bits per heavy atom. The minimum absolute atomic E-state index is 0.00551. The minimum atomic E-state index is -4.49. The van der Waals surface area contributed by atoms with Gasteiger partial charge in [0.1, 0.15) is 5.69 Å². The Morgan fingerprint density at radius 1 is 1.22 bits per heavy atom. The van der Waals surface area contributed by atoms with Crippen LogP contribution in [0.1, 0.15) is 27.7 Å². The third-order valence-electron chi connectivity index (χ3n) is 4.19. The summed E-state index contributed by atoms with van der Waals surface area (Å²) in [6.45, 7) is 0.578. The smallest absolute Gasteiger partial charge is 0.338 e. The summed E-state index contributed by atoms with van der Waals surface area (Å²) in [6.07, 6.45) is 0.0327. The van der Waals surface area contributed by atoms with Crippen LogP contribution in [0.5, 0.6) is 0 Å². The minimum Gasteiger partial charge on any atom is -0.338 e. The van der Waals surface area contributed by atoms with Gasteiger partial charge in [0.15, 0.2) is 0 Å². The zero-order chi connectivity index (χ0) is 19.0. The van der Waals surface area contributed by atoms with Gasteiger partial charge in [-0.2, -0.15) is 18.2 Å². The van der Waals surface area contributed by atoms with Gasteiger partial charge in [0.05, 0.1) is 17.7 Å². The summed E-state index contributed by atoms with van der Waals surface area (Å²) in [4.78, 5) is 26.1. The van der Waals surface area contributed by atoms with E-state index < -0.39 is 17.6 Å². The van der Waals surface area contributed by atoms with Crippen LogP contribution in [0.3, 0.4) is 0 Å².